The molecule has 1 saturated carbocycles. The Hall–Kier alpha value is -2.04. The van der Waals surface area contributed by atoms with Crippen molar-refractivity contribution in [3.8, 4) is 22.6 Å². The van der Waals surface area contributed by atoms with Crippen LogP contribution in [0.3, 0.4) is 0 Å². The van der Waals surface area contributed by atoms with Crippen molar-refractivity contribution < 1.29 is 9.47 Å². The topological polar surface area (TPSA) is 42.5 Å². The highest BCUT2D eigenvalue weighted by molar-refractivity contribution is 5.66. The van der Waals surface area contributed by atoms with Crippen LogP contribution in [0.25, 0.3) is 11.1 Å². The van der Waals surface area contributed by atoms with Gasteiger partial charge in [-0.25, -0.2) is 0 Å². The van der Waals surface area contributed by atoms with Crippen molar-refractivity contribution in [2.45, 2.75) is 44.3 Å². The zero-order chi connectivity index (χ0) is 18.4. The van der Waals surface area contributed by atoms with Gasteiger partial charge in [-0.1, -0.05) is 18.2 Å². The molecule has 4 heteroatoms. The van der Waals surface area contributed by atoms with E-state index in [0.29, 0.717) is 12.1 Å². The molecular weight excluding hydrogens is 324 g/mol. The first-order chi connectivity index (χ1) is 12.7. The molecule has 2 aromatic carbocycles. The van der Waals surface area contributed by atoms with Crippen molar-refractivity contribution in [3.63, 3.8) is 0 Å². The van der Waals surface area contributed by atoms with E-state index < -0.39 is 0 Å². The van der Waals surface area contributed by atoms with E-state index in [0.717, 1.165) is 18.0 Å². The van der Waals surface area contributed by atoms with Crippen LogP contribution in [0.4, 0.5) is 0 Å². The Balaban J connectivity index is 1.69. The van der Waals surface area contributed by atoms with Crippen LogP contribution in [-0.2, 0) is 6.54 Å². The average molecular weight is 354 g/mol. The minimum atomic E-state index is 0.592. The zero-order valence-electron chi connectivity index (χ0n) is 16.0. The third kappa shape index (κ3) is 4.57. The maximum Gasteiger partial charge on any atom is 0.123 e. The van der Waals surface area contributed by atoms with Crippen LogP contribution in [0, 0.1) is 0 Å². The monoisotopic (exact) mass is 354 g/mol. The number of ether oxygens (including phenoxy) is 2. The Bertz CT molecular complexity index is 692. The second kappa shape index (κ2) is 9.06. The lowest BCUT2D eigenvalue weighted by Crippen LogP contribution is -2.38. The van der Waals surface area contributed by atoms with Gasteiger partial charge in [0, 0.05) is 24.2 Å². The lowest BCUT2D eigenvalue weighted by molar-refractivity contribution is 0.315. The van der Waals surface area contributed by atoms with Gasteiger partial charge in [-0.3, -0.25) is 0 Å². The highest BCUT2D eigenvalue weighted by atomic mass is 16.5. The molecule has 0 heterocycles. The van der Waals surface area contributed by atoms with Gasteiger partial charge < -0.3 is 20.1 Å². The zero-order valence-corrected chi connectivity index (χ0v) is 16.0. The van der Waals surface area contributed by atoms with E-state index >= 15 is 0 Å². The summed E-state index contributed by atoms with van der Waals surface area (Å²) < 4.78 is 10.8. The molecule has 2 aromatic rings. The van der Waals surface area contributed by atoms with E-state index in [1.54, 1.807) is 14.2 Å². The molecular formula is C22H30N2O2. The van der Waals surface area contributed by atoms with E-state index in [1.807, 2.05) is 12.1 Å². The molecule has 1 aliphatic rings. The summed E-state index contributed by atoms with van der Waals surface area (Å²) >= 11 is 0. The summed E-state index contributed by atoms with van der Waals surface area (Å²) in [5, 5.41) is 7.12. The Morgan fingerprint density at radius 2 is 1.50 bits per heavy atom. The fraction of sp³-hybridized carbons (Fsp3) is 0.455. The number of hydrogen-bond donors (Lipinski definition) is 2. The standard InChI is InChI=1S/C22H30N2O2/c1-23-19-7-9-20(10-8-19)24-15-18-14-17(6-13-22(18)26-3)16-4-11-21(25-2)12-5-16/h4-6,11-14,19-20,23-24H,7-10,15H2,1-3H3. The molecule has 0 aliphatic heterocycles. The van der Waals surface area contributed by atoms with Gasteiger partial charge in [0.1, 0.15) is 11.5 Å². The molecule has 1 aliphatic carbocycles. The molecule has 140 valence electrons. The van der Waals surface area contributed by atoms with E-state index in [1.165, 1.54) is 42.4 Å². The van der Waals surface area contributed by atoms with Crippen LogP contribution < -0.4 is 20.1 Å². The molecule has 0 amide bonds. The van der Waals surface area contributed by atoms with Gasteiger partial charge in [-0.05, 0) is 68.1 Å². The largest absolute Gasteiger partial charge is 0.497 e. The van der Waals surface area contributed by atoms with Crippen molar-refractivity contribution in [3.05, 3.63) is 48.0 Å². The smallest absolute Gasteiger partial charge is 0.123 e. The van der Waals surface area contributed by atoms with Gasteiger partial charge in [-0.2, -0.15) is 0 Å². The maximum absolute atomic E-state index is 5.58. The van der Waals surface area contributed by atoms with Gasteiger partial charge in [-0.15, -0.1) is 0 Å². The predicted octanol–water partition coefficient (Wildman–Crippen LogP) is 3.99. The summed E-state index contributed by atoms with van der Waals surface area (Å²) in [6, 6.07) is 15.9. The first-order valence-corrected chi connectivity index (χ1v) is 9.45. The quantitative estimate of drug-likeness (QED) is 0.789. The summed E-state index contributed by atoms with van der Waals surface area (Å²) in [6.07, 6.45) is 4.95. The van der Waals surface area contributed by atoms with Gasteiger partial charge in [0.05, 0.1) is 14.2 Å². The van der Waals surface area contributed by atoms with Crippen molar-refractivity contribution in [1.29, 1.82) is 0 Å². The fourth-order valence-electron chi connectivity index (χ4n) is 3.72. The highest BCUT2D eigenvalue weighted by Crippen LogP contribution is 2.28. The van der Waals surface area contributed by atoms with Gasteiger partial charge in [0.15, 0.2) is 0 Å². The molecule has 0 aromatic heterocycles. The van der Waals surface area contributed by atoms with E-state index in [2.05, 4.69) is 48.0 Å². The molecule has 0 saturated heterocycles. The summed E-state index contributed by atoms with van der Waals surface area (Å²) in [5.74, 6) is 1.82. The van der Waals surface area contributed by atoms with Crippen LogP contribution in [0.1, 0.15) is 31.2 Å². The third-order valence-electron chi connectivity index (χ3n) is 5.42. The summed E-state index contributed by atoms with van der Waals surface area (Å²) in [7, 11) is 5.49. The second-order valence-electron chi connectivity index (χ2n) is 6.97. The fourth-order valence-corrected chi connectivity index (χ4v) is 3.72. The highest BCUT2D eigenvalue weighted by Gasteiger charge is 2.19. The molecule has 26 heavy (non-hydrogen) atoms. The Labute approximate surface area is 156 Å². The number of benzene rings is 2. The van der Waals surface area contributed by atoms with Crippen LogP contribution in [0.5, 0.6) is 11.5 Å². The molecule has 4 nitrogen and oxygen atoms in total. The molecule has 1 fully saturated rings. The maximum atomic E-state index is 5.58. The minimum absolute atomic E-state index is 0.592. The molecule has 0 radical (unpaired) electrons. The molecule has 3 rings (SSSR count). The lowest BCUT2D eigenvalue weighted by atomic mass is 9.91. The number of methoxy groups -OCH3 is 2. The van der Waals surface area contributed by atoms with Gasteiger partial charge in [0.2, 0.25) is 0 Å². The number of hydrogen-bond acceptors (Lipinski definition) is 4. The minimum Gasteiger partial charge on any atom is -0.497 e. The number of nitrogens with one attached hydrogen (secondary N) is 2. The molecule has 0 spiro atoms. The average Bonchev–Trinajstić information content (AvgIpc) is 2.72. The first kappa shape index (κ1) is 18.7. The SMILES string of the molecule is CNC1CCC(NCc2cc(-c3ccc(OC)cc3)ccc2OC)CC1. The van der Waals surface area contributed by atoms with Crippen molar-refractivity contribution >= 4 is 0 Å². The van der Waals surface area contributed by atoms with E-state index in [4.69, 9.17) is 9.47 Å². The Morgan fingerprint density at radius 3 is 2.12 bits per heavy atom. The third-order valence-corrected chi connectivity index (χ3v) is 5.42. The van der Waals surface area contributed by atoms with Crippen LogP contribution in [-0.4, -0.2) is 33.4 Å². The van der Waals surface area contributed by atoms with E-state index in [9.17, 15) is 0 Å². The molecule has 2 N–H and O–H groups in total. The van der Waals surface area contributed by atoms with Crippen molar-refractivity contribution in [2.24, 2.45) is 0 Å². The molecule has 0 unspecified atom stereocenters. The van der Waals surface area contributed by atoms with Crippen molar-refractivity contribution in [2.75, 3.05) is 21.3 Å². The summed E-state index contributed by atoms with van der Waals surface area (Å²) in [5.41, 5.74) is 3.59. The number of rotatable bonds is 7. The van der Waals surface area contributed by atoms with Gasteiger partial charge >= 0.3 is 0 Å². The van der Waals surface area contributed by atoms with Gasteiger partial charge in [0.25, 0.3) is 0 Å². The summed E-state index contributed by atoms with van der Waals surface area (Å²) in [4.78, 5) is 0. The molecule has 0 atom stereocenters. The Morgan fingerprint density at radius 1 is 0.846 bits per heavy atom. The van der Waals surface area contributed by atoms with Crippen LogP contribution in [0.15, 0.2) is 42.5 Å². The van der Waals surface area contributed by atoms with Crippen LogP contribution >= 0.6 is 0 Å². The first-order valence-electron chi connectivity index (χ1n) is 9.45. The lowest BCUT2D eigenvalue weighted by Gasteiger charge is -2.29. The normalized spacial score (nSPS) is 20.0. The molecule has 0 bridgehead atoms. The second-order valence-corrected chi connectivity index (χ2v) is 6.97. The Kier molecular flexibility index (Phi) is 6.53. The predicted molar refractivity (Wildman–Crippen MR) is 107 cm³/mol. The van der Waals surface area contributed by atoms with E-state index in [-0.39, 0.29) is 0 Å². The summed E-state index contributed by atoms with van der Waals surface area (Å²) in [6.45, 7) is 0.835. The van der Waals surface area contributed by atoms with Crippen LogP contribution in [0.2, 0.25) is 0 Å². The van der Waals surface area contributed by atoms with Crippen molar-refractivity contribution in [1.82, 2.24) is 10.6 Å².